The molecule has 2 aromatic carbocycles. The average Bonchev–Trinajstić information content (AvgIpc) is 2.90. The Labute approximate surface area is 163 Å². The van der Waals surface area contributed by atoms with E-state index in [9.17, 15) is 18.8 Å². The number of carbonyl (C=O) groups excluding carboxylic acids is 3. The molecule has 6 nitrogen and oxygen atoms in total. The summed E-state index contributed by atoms with van der Waals surface area (Å²) < 4.78 is 14.4. The molecular weight excluding hydrogens is 417 g/mol. The zero-order valence-electron chi connectivity index (χ0n) is 14.5. The van der Waals surface area contributed by atoms with Crippen LogP contribution < -0.4 is 10.6 Å². The van der Waals surface area contributed by atoms with Crippen molar-refractivity contribution in [1.29, 1.82) is 0 Å². The van der Waals surface area contributed by atoms with Crippen LogP contribution in [0.2, 0.25) is 0 Å². The van der Waals surface area contributed by atoms with Gasteiger partial charge in [-0.2, -0.15) is 0 Å². The van der Waals surface area contributed by atoms with Crippen LogP contribution in [0, 0.1) is 5.82 Å². The van der Waals surface area contributed by atoms with E-state index in [0.717, 1.165) is 4.90 Å². The molecule has 2 N–H and O–H groups in total. The summed E-state index contributed by atoms with van der Waals surface area (Å²) in [4.78, 5) is 38.4. The van der Waals surface area contributed by atoms with Gasteiger partial charge in [0.05, 0.1) is 5.69 Å². The number of carbonyl (C=O) groups is 3. The van der Waals surface area contributed by atoms with Gasteiger partial charge in [0.25, 0.3) is 5.91 Å². The molecular formula is C19H17BrFN3O3. The van der Waals surface area contributed by atoms with Crippen LogP contribution in [0.5, 0.6) is 0 Å². The summed E-state index contributed by atoms with van der Waals surface area (Å²) in [6.07, 6.45) is 0.334. The molecule has 1 saturated heterocycles. The van der Waals surface area contributed by atoms with Gasteiger partial charge in [0, 0.05) is 4.47 Å². The Kier molecular flexibility index (Phi) is 5.27. The van der Waals surface area contributed by atoms with Crippen molar-refractivity contribution in [1.82, 2.24) is 10.2 Å². The standard InChI is InChI=1S/C19H17BrFN3O3/c1-2-19(12-6-4-3-5-7-12)17(26)24(18(27)23-19)11-16(25)22-15-9-8-13(20)10-14(15)21/h3-10H,2,11H2,1H3,(H,22,25)(H,23,27). The van der Waals surface area contributed by atoms with Gasteiger partial charge in [0.2, 0.25) is 5.91 Å². The molecule has 1 fully saturated rings. The number of halogens is 2. The van der Waals surface area contributed by atoms with Crippen molar-refractivity contribution in [2.45, 2.75) is 18.9 Å². The predicted octanol–water partition coefficient (Wildman–Crippen LogP) is 3.38. The van der Waals surface area contributed by atoms with Crippen molar-refractivity contribution in [2.24, 2.45) is 0 Å². The summed E-state index contributed by atoms with van der Waals surface area (Å²) in [6.45, 7) is 1.28. The molecule has 140 valence electrons. The SMILES string of the molecule is CCC1(c2ccccc2)NC(=O)N(CC(=O)Nc2ccc(Br)cc2F)C1=O. The lowest BCUT2D eigenvalue weighted by Gasteiger charge is -2.25. The quantitative estimate of drug-likeness (QED) is 0.709. The van der Waals surface area contributed by atoms with E-state index in [1.54, 1.807) is 37.3 Å². The fourth-order valence-corrected chi connectivity index (χ4v) is 3.39. The monoisotopic (exact) mass is 433 g/mol. The van der Waals surface area contributed by atoms with E-state index in [2.05, 4.69) is 26.6 Å². The maximum absolute atomic E-state index is 13.9. The molecule has 0 bridgehead atoms. The maximum Gasteiger partial charge on any atom is 0.325 e. The van der Waals surface area contributed by atoms with Crippen molar-refractivity contribution < 1.29 is 18.8 Å². The molecule has 1 unspecified atom stereocenters. The van der Waals surface area contributed by atoms with Crippen LogP contribution >= 0.6 is 15.9 Å². The Morgan fingerprint density at radius 2 is 1.93 bits per heavy atom. The first kappa shape index (κ1) is 19.0. The average molecular weight is 434 g/mol. The maximum atomic E-state index is 13.9. The van der Waals surface area contributed by atoms with Crippen LogP contribution in [0.25, 0.3) is 0 Å². The van der Waals surface area contributed by atoms with E-state index >= 15 is 0 Å². The van der Waals surface area contributed by atoms with Gasteiger partial charge in [-0.05, 0) is 30.2 Å². The van der Waals surface area contributed by atoms with Gasteiger partial charge in [-0.3, -0.25) is 14.5 Å². The molecule has 1 aliphatic rings. The van der Waals surface area contributed by atoms with Gasteiger partial charge in [0.15, 0.2) is 0 Å². The highest BCUT2D eigenvalue weighted by molar-refractivity contribution is 9.10. The Hall–Kier alpha value is -2.74. The molecule has 1 heterocycles. The van der Waals surface area contributed by atoms with E-state index in [-0.39, 0.29) is 5.69 Å². The number of imide groups is 1. The minimum atomic E-state index is -1.21. The molecule has 0 spiro atoms. The number of nitrogens with one attached hydrogen (secondary N) is 2. The van der Waals surface area contributed by atoms with E-state index in [1.807, 2.05) is 6.07 Å². The van der Waals surface area contributed by atoms with Crippen molar-refractivity contribution >= 4 is 39.5 Å². The summed E-state index contributed by atoms with van der Waals surface area (Å²) in [5, 5.41) is 5.08. The second kappa shape index (κ2) is 7.48. The molecule has 1 aliphatic heterocycles. The van der Waals surface area contributed by atoms with Gasteiger partial charge in [-0.15, -0.1) is 0 Å². The van der Waals surface area contributed by atoms with E-state index in [0.29, 0.717) is 16.5 Å². The fourth-order valence-electron chi connectivity index (χ4n) is 3.06. The highest BCUT2D eigenvalue weighted by atomic mass is 79.9. The lowest BCUT2D eigenvalue weighted by atomic mass is 9.87. The van der Waals surface area contributed by atoms with Crippen LogP contribution in [0.15, 0.2) is 53.0 Å². The van der Waals surface area contributed by atoms with Crippen LogP contribution in [-0.4, -0.2) is 29.3 Å². The first-order valence-corrected chi connectivity index (χ1v) is 9.11. The molecule has 0 aliphatic carbocycles. The van der Waals surface area contributed by atoms with E-state index in [4.69, 9.17) is 0 Å². The zero-order valence-corrected chi connectivity index (χ0v) is 16.0. The topological polar surface area (TPSA) is 78.5 Å². The Balaban J connectivity index is 1.78. The predicted molar refractivity (Wildman–Crippen MR) is 101 cm³/mol. The smallest absolute Gasteiger partial charge is 0.322 e. The number of benzene rings is 2. The second-order valence-corrected chi connectivity index (χ2v) is 7.03. The van der Waals surface area contributed by atoms with Crippen molar-refractivity contribution in [3.63, 3.8) is 0 Å². The van der Waals surface area contributed by atoms with Gasteiger partial charge < -0.3 is 10.6 Å². The number of hydrogen-bond donors (Lipinski definition) is 2. The van der Waals surface area contributed by atoms with Gasteiger partial charge >= 0.3 is 6.03 Å². The molecule has 3 rings (SSSR count). The normalized spacial score (nSPS) is 19.1. The number of amides is 4. The van der Waals surface area contributed by atoms with Crippen molar-refractivity contribution in [3.8, 4) is 0 Å². The fraction of sp³-hybridized carbons (Fsp3) is 0.211. The number of urea groups is 1. The number of nitrogens with zero attached hydrogens (tertiary/aromatic N) is 1. The molecule has 0 saturated carbocycles. The van der Waals surface area contributed by atoms with E-state index < -0.39 is 35.7 Å². The third-order valence-electron chi connectivity index (χ3n) is 4.48. The van der Waals surface area contributed by atoms with Crippen LogP contribution in [0.1, 0.15) is 18.9 Å². The van der Waals surface area contributed by atoms with Crippen molar-refractivity contribution in [3.05, 3.63) is 64.4 Å². The largest absolute Gasteiger partial charge is 0.325 e. The Morgan fingerprint density at radius 1 is 1.22 bits per heavy atom. The van der Waals surface area contributed by atoms with Crippen LogP contribution in [-0.2, 0) is 15.1 Å². The molecule has 1 atom stereocenters. The molecule has 0 radical (unpaired) electrons. The second-order valence-electron chi connectivity index (χ2n) is 6.12. The molecule has 0 aromatic heterocycles. The first-order chi connectivity index (χ1) is 12.9. The third kappa shape index (κ3) is 3.57. The van der Waals surface area contributed by atoms with Crippen LogP contribution in [0.3, 0.4) is 0 Å². The Morgan fingerprint density at radius 3 is 2.56 bits per heavy atom. The van der Waals surface area contributed by atoms with Gasteiger partial charge in [-0.1, -0.05) is 53.2 Å². The summed E-state index contributed by atoms with van der Waals surface area (Å²) in [5.74, 6) is -1.80. The molecule has 2 aromatic rings. The first-order valence-electron chi connectivity index (χ1n) is 8.32. The van der Waals surface area contributed by atoms with Gasteiger partial charge in [0.1, 0.15) is 17.9 Å². The van der Waals surface area contributed by atoms with E-state index in [1.165, 1.54) is 12.1 Å². The van der Waals surface area contributed by atoms with Crippen molar-refractivity contribution in [2.75, 3.05) is 11.9 Å². The number of rotatable bonds is 5. The summed E-state index contributed by atoms with van der Waals surface area (Å²) in [6, 6.07) is 12.4. The summed E-state index contributed by atoms with van der Waals surface area (Å²) >= 11 is 3.13. The third-order valence-corrected chi connectivity index (χ3v) is 4.97. The van der Waals surface area contributed by atoms with Crippen LogP contribution in [0.4, 0.5) is 14.9 Å². The van der Waals surface area contributed by atoms with Gasteiger partial charge in [-0.25, -0.2) is 9.18 Å². The summed E-state index contributed by atoms with van der Waals surface area (Å²) in [7, 11) is 0. The summed E-state index contributed by atoms with van der Waals surface area (Å²) in [5.41, 5.74) is -0.589. The highest BCUT2D eigenvalue weighted by Gasteiger charge is 2.51. The minimum absolute atomic E-state index is 0.0277. The number of hydrogen-bond acceptors (Lipinski definition) is 3. The molecule has 4 amide bonds. The zero-order chi connectivity index (χ0) is 19.6. The highest BCUT2D eigenvalue weighted by Crippen LogP contribution is 2.32. The molecule has 27 heavy (non-hydrogen) atoms. The lowest BCUT2D eigenvalue weighted by molar-refractivity contribution is -0.134. The Bertz CT molecular complexity index is 906. The lowest BCUT2D eigenvalue weighted by Crippen LogP contribution is -2.44. The number of anilines is 1. The minimum Gasteiger partial charge on any atom is -0.322 e. The molecule has 8 heteroatoms.